The van der Waals surface area contributed by atoms with Crippen molar-refractivity contribution in [3.63, 3.8) is 0 Å². The maximum absolute atomic E-state index is 12.2. The molecule has 2 amide bonds. The molecule has 1 unspecified atom stereocenters. The zero-order chi connectivity index (χ0) is 16.0. The van der Waals surface area contributed by atoms with Gasteiger partial charge < -0.3 is 16.1 Å². The van der Waals surface area contributed by atoms with Crippen LogP contribution in [-0.2, 0) is 4.79 Å². The highest BCUT2D eigenvalue weighted by atomic mass is 16.2. The first-order valence-electron chi connectivity index (χ1n) is 6.87. The lowest BCUT2D eigenvalue weighted by Gasteiger charge is -2.16. The first kappa shape index (κ1) is 16.9. The first-order valence-corrected chi connectivity index (χ1v) is 6.87. The van der Waals surface area contributed by atoms with Gasteiger partial charge in [-0.15, -0.1) is 0 Å². The number of aromatic nitrogens is 1. The number of nitrogen functional groups attached to an aromatic ring is 1. The molecule has 1 aromatic rings. The van der Waals surface area contributed by atoms with Gasteiger partial charge in [0, 0.05) is 18.4 Å². The number of amides is 2. The van der Waals surface area contributed by atoms with Crippen molar-refractivity contribution >= 4 is 17.5 Å². The van der Waals surface area contributed by atoms with Crippen LogP contribution >= 0.6 is 0 Å². The van der Waals surface area contributed by atoms with Gasteiger partial charge in [-0.2, -0.15) is 0 Å². The molecule has 0 saturated heterocycles. The third kappa shape index (κ3) is 5.03. The van der Waals surface area contributed by atoms with Gasteiger partial charge in [0.1, 0.15) is 6.04 Å². The van der Waals surface area contributed by atoms with E-state index < -0.39 is 11.9 Å². The molecular formula is C14H23N5O2. The van der Waals surface area contributed by atoms with Gasteiger partial charge in [0.15, 0.2) is 0 Å². The predicted molar refractivity (Wildman–Crippen MR) is 81.6 cm³/mol. The Hall–Kier alpha value is -2.15. The Morgan fingerprint density at radius 1 is 1.33 bits per heavy atom. The normalized spacial score (nSPS) is 11.9. The fourth-order valence-electron chi connectivity index (χ4n) is 1.66. The van der Waals surface area contributed by atoms with E-state index in [2.05, 4.69) is 21.0 Å². The standard InChI is InChI=1S/C14H23N5O2/c1-8(2)6-17-13(20)10(4)18-14(21)11-7-16-9(3)5-12(11)19-15/h5,7-8,10H,6,15H2,1-4H3,(H,16,19)(H,17,20)(H,18,21). The highest BCUT2D eigenvalue weighted by Gasteiger charge is 2.18. The van der Waals surface area contributed by atoms with Gasteiger partial charge in [-0.3, -0.25) is 20.4 Å². The Bertz CT molecular complexity index is 516. The molecule has 116 valence electrons. The van der Waals surface area contributed by atoms with E-state index in [-0.39, 0.29) is 5.91 Å². The number of rotatable bonds is 6. The predicted octanol–water partition coefficient (Wildman–Crippen LogP) is 0.566. The van der Waals surface area contributed by atoms with Crippen LogP contribution in [0, 0.1) is 12.8 Å². The number of nitrogens with zero attached hydrogens (tertiary/aromatic N) is 1. The second-order valence-corrected chi connectivity index (χ2v) is 5.35. The van der Waals surface area contributed by atoms with Crippen molar-refractivity contribution in [1.29, 1.82) is 0 Å². The molecule has 0 fully saturated rings. The maximum atomic E-state index is 12.2. The molecule has 1 atom stereocenters. The molecule has 0 bridgehead atoms. The lowest BCUT2D eigenvalue weighted by molar-refractivity contribution is -0.122. The second-order valence-electron chi connectivity index (χ2n) is 5.35. The average Bonchev–Trinajstić information content (AvgIpc) is 2.43. The quantitative estimate of drug-likeness (QED) is 0.453. The Kier molecular flexibility index (Phi) is 6.10. The Morgan fingerprint density at radius 2 is 2.00 bits per heavy atom. The van der Waals surface area contributed by atoms with E-state index in [1.54, 1.807) is 19.9 Å². The number of nitrogens with two attached hydrogens (primary N) is 1. The number of hydrazine groups is 1. The fraction of sp³-hybridized carbons (Fsp3) is 0.500. The van der Waals surface area contributed by atoms with Crippen LogP contribution < -0.4 is 21.9 Å². The minimum Gasteiger partial charge on any atom is -0.354 e. The number of hydrogen-bond acceptors (Lipinski definition) is 5. The van der Waals surface area contributed by atoms with Crippen molar-refractivity contribution in [2.24, 2.45) is 11.8 Å². The molecule has 0 spiro atoms. The molecule has 0 aliphatic carbocycles. The number of pyridine rings is 1. The minimum atomic E-state index is -0.636. The van der Waals surface area contributed by atoms with Gasteiger partial charge in [-0.05, 0) is 25.8 Å². The topological polar surface area (TPSA) is 109 Å². The molecule has 0 saturated carbocycles. The van der Waals surface area contributed by atoms with Gasteiger partial charge in [0.2, 0.25) is 5.91 Å². The smallest absolute Gasteiger partial charge is 0.255 e. The van der Waals surface area contributed by atoms with Gasteiger partial charge in [-0.25, -0.2) is 0 Å². The minimum absolute atomic E-state index is 0.223. The summed E-state index contributed by atoms with van der Waals surface area (Å²) in [5.41, 5.74) is 3.96. The van der Waals surface area contributed by atoms with E-state index in [0.29, 0.717) is 23.7 Å². The monoisotopic (exact) mass is 293 g/mol. The Labute approximate surface area is 124 Å². The SMILES string of the molecule is Cc1cc(NN)c(C(=O)NC(C)C(=O)NCC(C)C)cn1. The van der Waals surface area contributed by atoms with Crippen LogP contribution in [0.25, 0.3) is 0 Å². The molecule has 7 nitrogen and oxygen atoms in total. The van der Waals surface area contributed by atoms with Crippen molar-refractivity contribution in [3.05, 3.63) is 23.5 Å². The molecular weight excluding hydrogens is 270 g/mol. The van der Waals surface area contributed by atoms with Crippen molar-refractivity contribution in [1.82, 2.24) is 15.6 Å². The largest absolute Gasteiger partial charge is 0.354 e. The van der Waals surface area contributed by atoms with E-state index in [9.17, 15) is 9.59 Å². The van der Waals surface area contributed by atoms with Gasteiger partial charge >= 0.3 is 0 Å². The Balaban J connectivity index is 2.70. The summed E-state index contributed by atoms with van der Waals surface area (Å²) in [7, 11) is 0. The number of anilines is 1. The Morgan fingerprint density at radius 3 is 2.57 bits per heavy atom. The fourth-order valence-corrected chi connectivity index (χ4v) is 1.66. The van der Waals surface area contributed by atoms with E-state index in [4.69, 9.17) is 5.84 Å². The van der Waals surface area contributed by atoms with Crippen LogP contribution in [0.15, 0.2) is 12.3 Å². The van der Waals surface area contributed by atoms with E-state index in [0.717, 1.165) is 5.69 Å². The number of nitrogens with one attached hydrogen (secondary N) is 3. The van der Waals surface area contributed by atoms with Crippen LogP contribution in [0.2, 0.25) is 0 Å². The number of carbonyl (C=O) groups is 2. The molecule has 7 heteroatoms. The summed E-state index contributed by atoms with van der Waals surface area (Å²) >= 11 is 0. The molecule has 1 rings (SSSR count). The number of hydrogen-bond donors (Lipinski definition) is 4. The third-order valence-corrected chi connectivity index (χ3v) is 2.87. The lowest BCUT2D eigenvalue weighted by atomic mass is 10.1. The van der Waals surface area contributed by atoms with Crippen LogP contribution in [0.3, 0.4) is 0 Å². The van der Waals surface area contributed by atoms with Crippen molar-refractivity contribution in [2.75, 3.05) is 12.0 Å². The van der Waals surface area contributed by atoms with E-state index in [1.165, 1.54) is 6.20 Å². The second kappa shape index (κ2) is 7.58. The van der Waals surface area contributed by atoms with Crippen LogP contribution in [0.1, 0.15) is 36.8 Å². The summed E-state index contributed by atoms with van der Waals surface area (Å²) in [4.78, 5) is 28.1. The maximum Gasteiger partial charge on any atom is 0.255 e. The number of aryl methyl sites for hydroxylation is 1. The van der Waals surface area contributed by atoms with Crippen LogP contribution in [0.5, 0.6) is 0 Å². The summed E-state index contributed by atoms with van der Waals surface area (Å²) in [5.74, 6) is 5.12. The summed E-state index contributed by atoms with van der Waals surface area (Å²) in [6.45, 7) is 8.00. The van der Waals surface area contributed by atoms with Crippen LogP contribution in [-0.4, -0.2) is 29.4 Å². The molecule has 0 aliphatic heterocycles. The molecule has 0 radical (unpaired) electrons. The number of carbonyl (C=O) groups excluding carboxylic acids is 2. The van der Waals surface area contributed by atoms with E-state index >= 15 is 0 Å². The summed E-state index contributed by atoms with van der Waals surface area (Å²) in [6, 6.07) is 1.03. The van der Waals surface area contributed by atoms with Crippen LogP contribution in [0.4, 0.5) is 5.69 Å². The molecule has 1 aromatic heterocycles. The molecule has 0 aliphatic rings. The summed E-state index contributed by atoms with van der Waals surface area (Å²) < 4.78 is 0. The highest BCUT2D eigenvalue weighted by Crippen LogP contribution is 2.14. The molecule has 21 heavy (non-hydrogen) atoms. The molecule has 5 N–H and O–H groups in total. The van der Waals surface area contributed by atoms with E-state index in [1.807, 2.05) is 13.8 Å². The van der Waals surface area contributed by atoms with Gasteiger partial charge in [-0.1, -0.05) is 13.8 Å². The highest BCUT2D eigenvalue weighted by molar-refractivity contribution is 6.01. The summed E-state index contributed by atoms with van der Waals surface area (Å²) in [5, 5.41) is 5.39. The van der Waals surface area contributed by atoms with Crippen molar-refractivity contribution in [2.45, 2.75) is 33.7 Å². The molecule has 0 aromatic carbocycles. The average molecular weight is 293 g/mol. The third-order valence-electron chi connectivity index (χ3n) is 2.87. The molecule has 1 heterocycles. The summed E-state index contributed by atoms with van der Waals surface area (Å²) in [6.07, 6.45) is 1.43. The van der Waals surface area contributed by atoms with Crippen molar-refractivity contribution in [3.8, 4) is 0 Å². The lowest BCUT2D eigenvalue weighted by Crippen LogP contribution is -2.45. The zero-order valence-corrected chi connectivity index (χ0v) is 12.9. The first-order chi connectivity index (χ1) is 9.85. The zero-order valence-electron chi connectivity index (χ0n) is 12.9. The van der Waals surface area contributed by atoms with Gasteiger partial charge in [0.05, 0.1) is 11.3 Å². The van der Waals surface area contributed by atoms with Gasteiger partial charge in [0.25, 0.3) is 5.91 Å². The van der Waals surface area contributed by atoms with Crippen molar-refractivity contribution < 1.29 is 9.59 Å².